The molecule has 1 aliphatic heterocycles. The Balaban J connectivity index is 0.000000228. The van der Waals surface area contributed by atoms with E-state index in [2.05, 4.69) is 107 Å². The van der Waals surface area contributed by atoms with E-state index in [9.17, 15) is 10.1 Å². The number of benzene rings is 5. The van der Waals surface area contributed by atoms with Crippen LogP contribution in [0.15, 0.2) is 109 Å². The van der Waals surface area contributed by atoms with Crippen molar-refractivity contribution in [3.05, 3.63) is 156 Å². The number of nitrogens with zero attached hydrogens (tertiary/aromatic N) is 2. The second kappa shape index (κ2) is 16.0. The number of hydrogen-bond acceptors (Lipinski definition) is 4. The van der Waals surface area contributed by atoms with E-state index in [1.165, 1.54) is 45.3 Å². The summed E-state index contributed by atoms with van der Waals surface area (Å²) in [4.78, 5) is 12.9. The van der Waals surface area contributed by atoms with Crippen LogP contribution in [-0.4, -0.2) is 15.1 Å². The molecule has 0 aromatic heterocycles. The molecule has 0 amide bonds. The standard InChI is InChI=1S/C27H32N.C13H9NO3.CH3.ClH.Ru/c1-6-20-13-10-14-21(7-2)25(20)28-19-27(5,18-26(28,3)4)24-17-11-15-22-12-8-9-16-23(22)24;1-10-9-11(14(15)16)7-8-13(10)17-12-5-3-2-4-6-12;;;/h8-17,19H,6-7,18H2,1-5H3;1-9H;1H3;1H;/q-1;;-1;;+1/p-1/t27-;;;;/m1..../s1. The first-order valence-corrected chi connectivity index (χ1v) is 19.2. The molecular weight excluding hydrogens is 705 g/mol. The first-order valence-electron chi connectivity index (χ1n) is 15.9. The Kier molecular flexibility index (Phi) is 12.3. The molecule has 0 N–H and O–H groups in total. The van der Waals surface area contributed by atoms with Gasteiger partial charge in [-0.05, 0) is 55.0 Å². The van der Waals surface area contributed by atoms with Gasteiger partial charge in [-0.1, -0.05) is 87.0 Å². The Morgan fingerprint density at radius 3 is 2.17 bits per heavy atom. The van der Waals surface area contributed by atoms with Crippen LogP contribution in [0.5, 0.6) is 11.5 Å². The third-order valence-corrected chi connectivity index (χ3v) is 9.99. The fourth-order valence-electron chi connectivity index (χ4n) is 6.75. The number of ether oxygens (including phenoxy) is 1. The number of hydrogen-bond donors (Lipinski definition) is 0. The van der Waals surface area contributed by atoms with Gasteiger partial charge in [-0.2, -0.15) is 0 Å². The molecule has 1 saturated heterocycles. The average Bonchev–Trinajstić information content (AvgIpc) is 3.34. The van der Waals surface area contributed by atoms with Gasteiger partial charge in [-0.15, -0.1) is 5.41 Å². The minimum absolute atomic E-state index is 0. The van der Waals surface area contributed by atoms with E-state index < -0.39 is 20.6 Å². The molecule has 6 rings (SSSR count). The van der Waals surface area contributed by atoms with Gasteiger partial charge in [0.05, 0.1) is 0 Å². The molecule has 1 heterocycles. The smallest absolute Gasteiger partial charge is 0.358 e. The van der Waals surface area contributed by atoms with E-state index >= 15 is 0 Å². The fourth-order valence-corrected chi connectivity index (χ4v) is 7.84. The number of rotatable bonds is 8. The quantitative estimate of drug-likeness (QED) is 0.0686. The second-order valence-electron chi connectivity index (χ2n) is 12.6. The molecule has 0 unspecified atom stereocenters. The number of non-ortho nitro benzene ring substituents is 1. The Bertz CT molecular complexity index is 1860. The van der Waals surface area contributed by atoms with Crippen molar-refractivity contribution in [1.29, 1.82) is 0 Å². The van der Waals surface area contributed by atoms with Crippen molar-refractivity contribution in [2.75, 3.05) is 4.90 Å². The maximum absolute atomic E-state index is 10.8. The normalized spacial score (nSPS) is 16.8. The molecule has 5 aromatic rings. The summed E-state index contributed by atoms with van der Waals surface area (Å²) in [6, 6.07) is 36.1. The number of para-hydroxylation sites is 2. The zero-order valence-corrected chi connectivity index (χ0v) is 31.0. The monoisotopic (exact) mass is 749 g/mol. The predicted octanol–water partition coefficient (Wildman–Crippen LogP) is 11.3. The van der Waals surface area contributed by atoms with E-state index in [1.54, 1.807) is 10.7 Å². The summed E-state index contributed by atoms with van der Waals surface area (Å²) in [5.41, 5.74) is 6.52. The van der Waals surface area contributed by atoms with Crippen LogP contribution in [0.1, 0.15) is 63.3 Å². The Hall–Kier alpha value is -3.86. The van der Waals surface area contributed by atoms with E-state index in [0.717, 1.165) is 19.3 Å². The third-order valence-electron chi connectivity index (χ3n) is 8.80. The Labute approximate surface area is 297 Å². The van der Waals surface area contributed by atoms with Crippen LogP contribution in [0.3, 0.4) is 0 Å². The maximum Gasteiger partial charge on any atom is -0.358 e. The first kappa shape index (κ1) is 37.0. The summed E-state index contributed by atoms with van der Waals surface area (Å²) in [7, 11) is 5.75. The molecule has 5 aromatic carbocycles. The molecule has 7 heteroatoms. The molecule has 253 valence electrons. The number of aryl methyl sites for hydroxylation is 2. The van der Waals surface area contributed by atoms with Gasteiger partial charge in [0.25, 0.3) is 0 Å². The van der Waals surface area contributed by atoms with Gasteiger partial charge in [0.15, 0.2) is 0 Å². The Morgan fingerprint density at radius 2 is 1.52 bits per heavy atom. The van der Waals surface area contributed by atoms with Crippen molar-refractivity contribution < 1.29 is 25.3 Å². The van der Waals surface area contributed by atoms with E-state index in [0.29, 0.717) is 17.1 Å². The van der Waals surface area contributed by atoms with Gasteiger partial charge < -0.3 is 12.3 Å². The van der Waals surface area contributed by atoms with Crippen LogP contribution in [0.25, 0.3) is 10.8 Å². The molecule has 48 heavy (non-hydrogen) atoms. The van der Waals surface area contributed by atoms with Gasteiger partial charge in [0, 0.05) is 11.2 Å². The summed E-state index contributed by atoms with van der Waals surface area (Å²) in [5, 5.41) is 13.5. The number of nitro benzene ring substituents is 1. The first-order chi connectivity index (χ1) is 22.6. The van der Waals surface area contributed by atoms with Crippen LogP contribution in [0.4, 0.5) is 11.4 Å². The van der Waals surface area contributed by atoms with Gasteiger partial charge in [-0.25, -0.2) is 6.54 Å². The molecule has 0 saturated carbocycles. The summed E-state index contributed by atoms with van der Waals surface area (Å²) in [6.45, 7) is 14.3. The Morgan fingerprint density at radius 1 is 0.896 bits per heavy atom. The minimum atomic E-state index is -0.487. The zero-order valence-electron chi connectivity index (χ0n) is 28.5. The molecule has 1 aliphatic rings. The van der Waals surface area contributed by atoms with E-state index in [4.69, 9.17) is 14.4 Å². The van der Waals surface area contributed by atoms with Crippen molar-refractivity contribution in [3.63, 3.8) is 0 Å². The minimum Gasteiger partial charge on any atom is -0.358 e. The van der Waals surface area contributed by atoms with Gasteiger partial charge in [0.1, 0.15) is 0 Å². The van der Waals surface area contributed by atoms with Gasteiger partial charge in [0.2, 0.25) is 0 Å². The van der Waals surface area contributed by atoms with Gasteiger partial charge in [-0.3, -0.25) is 0 Å². The van der Waals surface area contributed by atoms with Crippen molar-refractivity contribution in [1.82, 2.24) is 0 Å². The second-order valence-corrected chi connectivity index (χ2v) is 14.4. The molecule has 1 atom stereocenters. The number of nitro groups is 1. The molecule has 0 spiro atoms. The largest absolute Gasteiger partial charge is 0.358 e. The molecule has 0 radical (unpaired) electrons. The summed E-state index contributed by atoms with van der Waals surface area (Å²) in [5.74, 6) is 1.24. The van der Waals surface area contributed by atoms with Crippen LogP contribution < -0.4 is 9.64 Å². The zero-order chi connectivity index (χ0) is 33.6. The van der Waals surface area contributed by atoms with Gasteiger partial charge >= 0.3 is 121 Å². The molecule has 1 fully saturated rings. The molecule has 0 aliphatic carbocycles. The summed E-state index contributed by atoms with van der Waals surface area (Å²) < 4.78 is 7.46. The van der Waals surface area contributed by atoms with Crippen molar-refractivity contribution >= 4 is 36.4 Å². The average molecular weight is 749 g/mol. The molecular formula is C41H44ClN2O3Ru-2. The number of anilines is 1. The van der Waals surface area contributed by atoms with Crippen LogP contribution in [-0.2, 0) is 33.9 Å². The number of halogens is 1. The summed E-state index contributed by atoms with van der Waals surface area (Å²) >= 11 is -0.487. The fraction of sp³-hybridized carbons (Fsp3) is 0.244. The SMILES string of the molecule is CCc1cccc(CC)c1N1[CH-][C@](C)(c2cccc3ccccc23)CC1(C)C.O=[N+]([O-])c1ccc(Oc2ccccc2)c([CH]=[Ru][Cl])c1.[CH3-]. The van der Waals surface area contributed by atoms with E-state index in [1.807, 2.05) is 30.3 Å². The van der Waals surface area contributed by atoms with Crippen LogP contribution >= 0.6 is 9.69 Å². The maximum atomic E-state index is 10.8. The summed E-state index contributed by atoms with van der Waals surface area (Å²) in [6.07, 6.45) is 3.23. The molecule has 5 nitrogen and oxygen atoms in total. The van der Waals surface area contributed by atoms with Crippen molar-refractivity contribution in [2.45, 2.75) is 64.8 Å². The van der Waals surface area contributed by atoms with Crippen molar-refractivity contribution in [3.8, 4) is 11.5 Å². The number of fused-ring (bicyclic) bond motifs is 1. The van der Waals surface area contributed by atoms with Crippen LogP contribution in [0.2, 0.25) is 0 Å². The predicted molar refractivity (Wildman–Crippen MR) is 199 cm³/mol. The molecule has 0 bridgehead atoms. The third kappa shape index (κ3) is 8.05. The topological polar surface area (TPSA) is 55.6 Å². The van der Waals surface area contributed by atoms with Crippen LogP contribution in [0, 0.1) is 24.1 Å². The van der Waals surface area contributed by atoms with Crippen molar-refractivity contribution in [2.24, 2.45) is 0 Å². The van der Waals surface area contributed by atoms with E-state index in [-0.39, 0.29) is 24.1 Å².